The predicted octanol–water partition coefficient (Wildman–Crippen LogP) is 2.47. The molecule has 0 saturated carbocycles. The molecule has 80 valence electrons. The van der Waals surface area contributed by atoms with Crippen LogP contribution in [0.1, 0.15) is 16.1 Å². The summed E-state index contributed by atoms with van der Waals surface area (Å²) in [5.41, 5.74) is 0.457. The molecular weight excluding hydrogens is 206 g/mol. The van der Waals surface area contributed by atoms with E-state index in [0.29, 0.717) is 11.3 Å². The highest BCUT2D eigenvalue weighted by Gasteiger charge is 2.04. The summed E-state index contributed by atoms with van der Waals surface area (Å²) in [6.45, 7) is 0. The van der Waals surface area contributed by atoms with Crippen molar-refractivity contribution < 1.29 is 14.0 Å². The van der Waals surface area contributed by atoms with Crippen LogP contribution in [-0.4, -0.2) is 12.2 Å². The summed E-state index contributed by atoms with van der Waals surface area (Å²) in [6.07, 6.45) is 2.85. The fourth-order valence-electron chi connectivity index (χ4n) is 1.12. The Kier molecular flexibility index (Phi) is 3.13. The van der Waals surface area contributed by atoms with Crippen molar-refractivity contribution in [2.24, 2.45) is 5.16 Å². The van der Waals surface area contributed by atoms with Crippen LogP contribution in [-0.2, 0) is 4.84 Å². The van der Waals surface area contributed by atoms with Gasteiger partial charge < -0.3 is 9.25 Å². The van der Waals surface area contributed by atoms with Crippen molar-refractivity contribution in [1.29, 1.82) is 0 Å². The molecule has 0 spiro atoms. The lowest BCUT2D eigenvalue weighted by atomic mass is 10.2. The largest absolute Gasteiger partial charge is 0.463 e. The zero-order valence-corrected chi connectivity index (χ0v) is 8.37. The molecule has 4 heteroatoms. The first-order valence-corrected chi connectivity index (χ1v) is 4.69. The lowest BCUT2D eigenvalue weighted by Gasteiger charge is -1.95. The van der Waals surface area contributed by atoms with Crippen molar-refractivity contribution in [3.63, 3.8) is 0 Å². The van der Waals surface area contributed by atoms with Gasteiger partial charge in [-0.1, -0.05) is 23.4 Å². The normalized spacial score (nSPS) is 10.5. The van der Waals surface area contributed by atoms with Crippen LogP contribution in [0.4, 0.5) is 0 Å². The Morgan fingerprint density at radius 3 is 2.69 bits per heavy atom. The van der Waals surface area contributed by atoms with Gasteiger partial charge >= 0.3 is 5.97 Å². The quantitative estimate of drug-likeness (QED) is 0.449. The number of hydrogen-bond acceptors (Lipinski definition) is 4. The number of carbonyl (C=O) groups is 1. The van der Waals surface area contributed by atoms with Crippen molar-refractivity contribution in [2.75, 3.05) is 0 Å². The molecule has 1 aromatic heterocycles. The smallest absolute Gasteiger partial charge is 0.365 e. The van der Waals surface area contributed by atoms with Gasteiger partial charge in [0.25, 0.3) is 0 Å². The second kappa shape index (κ2) is 4.93. The highest BCUT2D eigenvalue weighted by atomic mass is 16.7. The van der Waals surface area contributed by atoms with Crippen molar-refractivity contribution >= 4 is 12.2 Å². The van der Waals surface area contributed by atoms with Crippen molar-refractivity contribution in [1.82, 2.24) is 0 Å². The fraction of sp³-hybridized carbons (Fsp3) is 0. The van der Waals surface area contributed by atoms with Crippen molar-refractivity contribution in [3.05, 3.63) is 60.1 Å². The summed E-state index contributed by atoms with van der Waals surface area (Å²) in [5.74, 6) is 0.0317. The minimum absolute atomic E-state index is 0.457. The fourth-order valence-corrected chi connectivity index (χ4v) is 1.12. The predicted molar refractivity (Wildman–Crippen MR) is 58.2 cm³/mol. The SMILES string of the molecule is O=C(O/N=C/c1ccco1)c1ccccc1. The van der Waals surface area contributed by atoms with Gasteiger partial charge in [-0.3, -0.25) is 0 Å². The van der Waals surface area contributed by atoms with Gasteiger partial charge in [0.2, 0.25) is 0 Å². The van der Waals surface area contributed by atoms with Crippen LogP contribution in [0.25, 0.3) is 0 Å². The van der Waals surface area contributed by atoms with E-state index in [2.05, 4.69) is 9.99 Å². The van der Waals surface area contributed by atoms with Gasteiger partial charge in [0, 0.05) is 0 Å². The highest BCUT2D eigenvalue weighted by molar-refractivity contribution is 5.89. The summed E-state index contributed by atoms with van der Waals surface area (Å²) < 4.78 is 4.98. The molecule has 1 aromatic carbocycles. The molecular formula is C12H9NO3. The number of rotatable bonds is 3. The van der Waals surface area contributed by atoms with Gasteiger partial charge in [-0.2, -0.15) is 0 Å². The monoisotopic (exact) mass is 215 g/mol. The van der Waals surface area contributed by atoms with Gasteiger partial charge in [-0.15, -0.1) is 0 Å². The van der Waals surface area contributed by atoms with Crippen LogP contribution in [0.2, 0.25) is 0 Å². The minimum Gasteiger partial charge on any atom is -0.463 e. The minimum atomic E-state index is -0.497. The highest BCUT2D eigenvalue weighted by Crippen LogP contribution is 2.01. The molecule has 0 fully saturated rings. The maximum absolute atomic E-state index is 11.4. The molecule has 0 aliphatic rings. The van der Waals surface area contributed by atoms with Gasteiger partial charge in [-0.05, 0) is 24.3 Å². The molecule has 0 atom stereocenters. The third-order valence-corrected chi connectivity index (χ3v) is 1.87. The van der Waals surface area contributed by atoms with Crippen LogP contribution < -0.4 is 0 Å². The van der Waals surface area contributed by atoms with E-state index >= 15 is 0 Å². The average molecular weight is 215 g/mol. The summed E-state index contributed by atoms with van der Waals surface area (Å²) in [5, 5.41) is 3.52. The topological polar surface area (TPSA) is 51.8 Å². The van der Waals surface area contributed by atoms with Crippen LogP contribution in [0.15, 0.2) is 58.3 Å². The molecule has 2 aromatic rings. The molecule has 4 nitrogen and oxygen atoms in total. The Hall–Kier alpha value is -2.36. The van der Waals surface area contributed by atoms with E-state index in [1.165, 1.54) is 12.5 Å². The summed E-state index contributed by atoms with van der Waals surface area (Å²) in [6, 6.07) is 12.1. The van der Waals surface area contributed by atoms with E-state index in [9.17, 15) is 4.79 Å². The van der Waals surface area contributed by atoms with E-state index in [4.69, 9.17) is 4.42 Å². The lowest BCUT2D eigenvalue weighted by molar-refractivity contribution is 0.0519. The maximum atomic E-state index is 11.4. The van der Waals surface area contributed by atoms with E-state index in [-0.39, 0.29) is 0 Å². The zero-order chi connectivity index (χ0) is 11.2. The standard InChI is InChI=1S/C12H9NO3/c14-12(10-5-2-1-3-6-10)16-13-9-11-7-4-8-15-11/h1-9H/b13-9+. The summed E-state index contributed by atoms with van der Waals surface area (Å²) in [7, 11) is 0. The van der Waals surface area contributed by atoms with Gasteiger partial charge in [0.05, 0.1) is 11.8 Å². The number of benzene rings is 1. The Morgan fingerprint density at radius 1 is 1.19 bits per heavy atom. The first-order valence-electron chi connectivity index (χ1n) is 4.69. The van der Waals surface area contributed by atoms with Crippen LogP contribution in [0.5, 0.6) is 0 Å². The number of hydrogen-bond donors (Lipinski definition) is 0. The molecule has 0 unspecified atom stereocenters. The zero-order valence-electron chi connectivity index (χ0n) is 8.37. The molecule has 0 radical (unpaired) electrons. The van der Waals surface area contributed by atoms with E-state index < -0.39 is 5.97 Å². The average Bonchev–Trinajstić information content (AvgIpc) is 2.83. The van der Waals surface area contributed by atoms with E-state index in [1.807, 2.05) is 6.07 Å². The summed E-state index contributed by atoms with van der Waals surface area (Å²) >= 11 is 0. The third-order valence-electron chi connectivity index (χ3n) is 1.87. The Bertz CT molecular complexity index is 474. The van der Waals surface area contributed by atoms with Crippen molar-refractivity contribution in [2.45, 2.75) is 0 Å². The molecule has 16 heavy (non-hydrogen) atoms. The van der Waals surface area contributed by atoms with Gasteiger partial charge in [0.1, 0.15) is 12.0 Å². The van der Waals surface area contributed by atoms with E-state index in [0.717, 1.165) is 0 Å². The Morgan fingerprint density at radius 2 is 2.00 bits per heavy atom. The second-order valence-electron chi connectivity index (χ2n) is 2.99. The molecule has 0 aliphatic carbocycles. The van der Waals surface area contributed by atoms with Gasteiger partial charge in [0.15, 0.2) is 0 Å². The first kappa shape index (κ1) is 10.2. The van der Waals surface area contributed by atoms with Crippen LogP contribution >= 0.6 is 0 Å². The van der Waals surface area contributed by atoms with Crippen LogP contribution in [0.3, 0.4) is 0 Å². The maximum Gasteiger partial charge on any atom is 0.365 e. The number of nitrogens with zero attached hydrogens (tertiary/aromatic N) is 1. The molecule has 0 amide bonds. The van der Waals surface area contributed by atoms with Crippen LogP contribution in [0, 0.1) is 0 Å². The molecule has 0 N–H and O–H groups in total. The Balaban J connectivity index is 1.94. The summed E-state index contributed by atoms with van der Waals surface area (Å²) in [4.78, 5) is 16.1. The van der Waals surface area contributed by atoms with Crippen molar-refractivity contribution in [3.8, 4) is 0 Å². The molecule has 2 rings (SSSR count). The number of oxime groups is 1. The Labute approximate surface area is 92.1 Å². The molecule has 0 aliphatic heterocycles. The lowest BCUT2D eigenvalue weighted by Crippen LogP contribution is -2.00. The molecule has 0 bridgehead atoms. The number of carbonyl (C=O) groups excluding carboxylic acids is 1. The molecule has 1 heterocycles. The first-order chi connectivity index (χ1) is 7.86. The van der Waals surface area contributed by atoms with E-state index in [1.54, 1.807) is 36.4 Å². The molecule has 0 saturated heterocycles. The third kappa shape index (κ3) is 2.57. The van der Waals surface area contributed by atoms with Gasteiger partial charge in [-0.25, -0.2) is 4.79 Å². The second-order valence-corrected chi connectivity index (χ2v) is 2.99. The number of furan rings is 1.